The fraction of sp³-hybridized carbons (Fsp3) is 0.333. The highest BCUT2D eigenvalue weighted by atomic mass is 16.5. The number of carbonyl (C=O) groups is 1. The Kier molecular flexibility index (Phi) is 7.67. The highest BCUT2D eigenvalue weighted by Crippen LogP contribution is 2.28. The zero-order valence-corrected chi connectivity index (χ0v) is 15.9. The Morgan fingerprint density at radius 2 is 1.96 bits per heavy atom. The zero-order valence-electron chi connectivity index (χ0n) is 15.9. The van der Waals surface area contributed by atoms with E-state index in [1.54, 1.807) is 12.1 Å². The molecule has 0 heterocycles. The SMILES string of the molecule is CCOc1cc(C=NNC(=O)COc2ccccc2C(C)CC)ccc1O. The van der Waals surface area contributed by atoms with E-state index in [2.05, 4.69) is 24.4 Å². The summed E-state index contributed by atoms with van der Waals surface area (Å²) < 4.78 is 11.0. The van der Waals surface area contributed by atoms with Gasteiger partial charge >= 0.3 is 0 Å². The second kappa shape index (κ2) is 10.2. The Morgan fingerprint density at radius 1 is 1.19 bits per heavy atom. The maximum Gasteiger partial charge on any atom is 0.277 e. The minimum Gasteiger partial charge on any atom is -0.504 e. The minimum absolute atomic E-state index is 0.0615. The molecule has 0 aliphatic carbocycles. The van der Waals surface area contributed by atoms with E-state index in [9.17, 15) is 9.90 Å². The molecule has 2 aromatic rings. The van der Waals surface area contributed by atoms with Gasteiger partial charge < -0.3 is 14.6 Å². The lowest BCUT2D eigenvalue weighted by Gasteiger charge is -2.15. The van der Waals surface area contributed by atoms with E-state index in [1.807, 2.05) is 31.2 Å². The third-order valence-corrected chi connectivity index (χ3v) is 4.11. The molecule has 0 spiro atoms. The molecule has 0 aromatic heterocycles. The van der Waals surface area contributed by atoms with Gasteiger partial charge in [0.15, 0.2) is 18.1 Å². The standard InChI is InChI=1S/C21H26N2O4/c1-4-15(3)17-8-6-7-9-19(17)27-14-21(25)23-22-13-16-10-11-18(24)20(12-16)26-5-2/h6-13,15,24H,4-5,14H2,1-3H3,(H,23,25). The summed E-state index contributed by atoms with van der Waals surface area (Å²) in [5, 5.41) is 13.6. The molecule has 0 aliphatic heterocycles. The van der Waals surface area contributed by atoms with E-state index in [-0.39, 0.29) is 18.3 Å². The average molecular weight is 370 g/mol. The van der Waals surface area contributed by atoms with Crippen molar-refractivity contribution < 1.29 is 19.4 Å². The lowest BCUT2D eigenvalue weighted by Crippen LogP contribution is -2.25. The first-order chi connectivity index (χ1) is 13.0. The van der Waals surface area contributed by atoms with Gasteiger partial charge in [0.05, 0.1) is 12.8 Å². The number of hydrogen-bond donors (Lipinski definition) is 2. The molecule has 2 rings (SSSR count). The van der Waals surface area contributed by atoms with Gasteiger partial charge in [-0.05, 0) is 54.7 Å². The van der Waals surface area contributed by atoms with Crippen LogP contribution in [0.1, 0.15) is 44.2 Å². The number of benzene rings is 2. The number of aromatic hydroxyl groups is 1. The summed E-state index contributed by atoms with van der Waals surface area (Å²) in [6.45, 7) is 6.40. The topological polar surface area (TPSA) is 80.2 Å². The van der Waals surface area contributed by atoms with Crippen LogP contribution in [0.4, 0.5) is 0 Å². The molecule has 2 aromatic carbocycles. The lowest BCUT2D eigenvalue weighted by molar-refractivity contribution is -0.123. The summed E-state index contributed by atoms with van der Waals surface area (Å²) >= 11 is 0. The van der Waals surface area contributed by atoms with Gasteiger partial charge in [0, 0.05) is 0 Å². The Morgan fingerprint density at radius 3 is 2.70 bits per heavy atom. The van der Waals surface area contributed by atoms with Crippen LogP contribution in [0.15, 0.2) is 47.6 Å². The van der Waals surface area contributed by atoms with Gasteiger partial charge in [0.1, 0.15) is 5.75 Å². The zero-order chi connectivity index (χ0) is 19.6. The molecule has 0 radical (unpaired) electrons. The van der Waals surface area contributed by atoms with Crippen LogP contribution in [-0.4, -0.2) is 30.4 Å². The molecule has 1 unspecified atom stereocenters. The molecule has 6 nitrogen and oxygen atoms in total. The quantitative estimate of drug-likeness (QED) is 0.519. The number of carbonyl (C=O) groups excluding carboxylic acids is 1. The fourth-order valence-corrected chi connectivity index (χ4v) is 2.48. The Hall–Kier alpha value is -3.02. The summed E-state index contributed by atoms with van der Waals surface area (Å²) in [6, 6.07) is 12.6. The van der Waals surface area contributed by atoms with Crippen molar-refractivity contribution in [2.75, 3.05) is 13.2 Å². The summed E-state index contributed by atoms with van der Waals surface area (Å²) in [6.07, 6.45) is 2.47. The molecule has 144 valence electrons. The van der Waals surface area contributed by atoms with Gasteiger partial charge in [-0.3, -0.25) is 4.79 Å². The molecule has 0 saturated carbocycles. The van der Waals surface area contributed by atoms with Crippen LogP contribution in [0, 0.1) is 0 Å². The number of nitrogens with one attached hydrogen (secondary N) is 1. The molecular weight excluding hydrogens is 344 g/mol. The normalized spacial score (nSPS) is 12.0. The third-order valence-electron chi connectivity index (χ3n) is 4.11. The van der Waals surface area contributed by atoms with Crippen LogP contribution in [0.25, 0.3) is 0 Å². The number of rotatable bonds is 9. The van der Waals surface area contributed by atoms with Crippen molar-refractivity contribution in [2.45, 2.75) is 33.1 Å². The van der Waals surface area contributed by atoms with E-state index in [0.29, 0.717) is 29.6 Å². The molecule has 0 aliphatic rings. The number of hydrazone groups is 1. The van der Waals surface area contributed by atoms with Crippen molar-refractivity contribution in [3.8, 4) is 17.2 Å². The Labute approximate surface area is 159 Å². The Balaban J connectivity index is 1.90. The predicted molar refractivity (Wildman–Crippen MR) is 106 cm³/mol. The van der Waals surface area contributed by atoms with Gasteiger partial charge in [0.2, 0.25) is 0 Å². The van der Waals surface area contributed by atoms with Crippen LogP contribution < -0.4 is 14.9 Å². The second-order valence-corrected chi connectivity index (χ2v) is 6.09. The molecule has 6 heteroatoms. The van der Waals surface area contributed by atoms with Crippen LogP contribution in [0.5, 0.6) is 17.2 Å². The summed E-state index contributed by atoms with van der Waals surface area (Å²) in [5.74, 6) is 1.15. The van der Waals surface area contributed by atoms with Gasteiger partial charge in [-0.1, -0.05) is 32.0 Å². The first-order valence-corrected chi connectivity index (χ1v) is 9.04. The highest BCUT2D eigenvalue weighted by Gasteiger charge is 2.11. The molecule has 2 N–H and O–H groups in total. The van der Waals surface area contributed by atoms with Gasteiger partial charge in [-0.2, -0.15) is 5.10 Å². The van der Waals surface area contributed by atoms with Gasteiger partial charge in [-0.25, -0.2) is 5.43 Å². The molecule has 27 heavy (non-hydrogen) atoms. The van der Waals surface area contributed by atoms with Crippen molar-refractivity contribution in [1.29, 1.82) is 0 Å². The first-order valence-electron chi connectivity index (χ1n) is 9.04. The van der Waals surface area contributed by atoms with E-state index in [4.69, 9.17) is 9.47 Å². The maximum atomic E-state index is 12.0. The number of amides is 1. The van der Waals surface area contributed by atoms with Crippen LogP contribution in [0.2, 0.25) is 0 Å². The minimum atomic E-state index is -0.353. The molecular formula is C21H26N2O4. The van der Waals surface area contributed by atoms with Crippen LogP contribution >= 0.6 is 0 Å². The van der Waals surface area contributed by atoms with Crippen LogP contribution in [0.3, 0.4) is 0 Å². The van der Waals surface area contributed by atoms with Gasteiger partial charge in [0.25, 0.3) is 5.91 Å². The fourth-order valence-electron chi connectivity index (χ4n) is 2.48. The van der Waals surface area contributed by atoms with Crippen molar-refractivity contribution in [1.82, 2.24) is 5.43 Å². The van der Waals surface area contributed by atoms with Crippen molar-refractivity contribution in [2.24, 2.45) is 5.10 Å². The summed E-state index contributed by atoms with van der Waals surface area (Å²) in [5.41, 5.74) is 4.21. The van der Waals surface area contributed by atoms with E-state index >= 15 is 0 Å². The summed E-state index contributed by atoms with van der Waals surface area (Å²) in [4.78, 5) is 12.0. The molecule has 1 atom stereocenters. The number of para-hydroxylation sites is 1. The second-order valence-electron chi connectivity index (χ2n) is 6.09. The number of ether oxygens (including phenoxy) is 2. The monoisotopic (exact) mass is 370 g/mol. The predicted octanol–water partition coefficient (Wildman–Crippen LogP) is 3.83. The van der Waals surface area contributed by atoms with E-state index in [0.717, 1.165) is 12.0 Å². The van der Waals surface area contributed by atoms with Crippen LogP contribution in [-0.2, 0) is 4.79 Å². The van der Waals surface area contributed by atoms with E-state index in [1.165, 1.54) is 12.3 Å². The van der Waals surface area contributed by atoms with Crippen molar-refractivity contribution in [3.63, 3.8) is 0 Å². The maximum absolute atomic E-state index is 12.0. The third kappa shape index (κ3) is 6.02. The molecule has 1 amide bonds. The first kappa shape index (κ1) is 20.3. The van der Waals surface area contributed by atoms with Gasteiger partial charge in [-0.15, -0.1) is 0 Å². The molecule has 0 saturated heterocycles. The number of nitrogens with zero attached hydrogens (tertiary/aromatic N) is 1. The lowest BCUT2D eigenvalue weighted by atomic mass is 9.98. The summed E-state index contributed by atoms with van der Waals surface area (Å²) in [7, 11) is 0. The molecule has 0 bridgehead atoms. The van der Waals surface area contributed by atoms with Crippen molar-refractivity contribution >= 4 is 12.1 Å². The number of phenols is 1. The van der Waals surface area contributed by atoms with Crippen molar-refractivity contribution in [3.05, 3.63) is 53.6 Å². The largest absolute Gasteiger partial charge is 0.504 e. The van der Waals surface area contributed by atoms with E-state index < -0.39 is 0 Å². The average Bonchev–Trinajstić information content (AvgIpc) is 2.68. The highest BCUT2D eigenvalue weighted by molar-refractivity contribution is 5.83. The Bertz CT molecular complexity index is 790. The number of hydrogen-bond acceptors (Lipinski definition) is 5. The number of phenolic OH excluding ortho intramolecular Hbond substituents is 1. The molecule has 0 fully saturated rings. The smallest absolute Gasteiger partial charge is 0.277 e.